The van der Waals surface area contributed by atoms with Crippen LogP contribution in [-0.4, -0.2) is 61.6 Å². The van der Waals surface area contributed by atoms with E-state index in [-0.39, 0.29) is 12.3 Å². The van der Waals surface area contributed by atoms with Crippen molar-refractivity contribution in [2.24, 2.45) is 0 Å². The highest BCUT2D eigenvalue weighted by Crippen LogP contribution is 2.31. The van der Waals surface area contributed by atoms with E-state index in [9.17, 15) is 9.59 Å². The molecule has 0 aliphatic carbocycles. The van der Waals surface area contributed by atoms with Crippen LogP contribution in [0.5, 0.6) is 5.75 Å². The van der Waals surface area contributed by atoms with E-state index in [0.717, 1.165) is 70.2 Å². The molecule has 1 fully saturated rings. The molecular weight excluding hydrogens is 538 g/mol. The second-order valence-electron chi connectivity index (χ2n) is 10.4. The van der Waals surface area contributed by atoms with Crippen LogP contribution in [0.15, 0.2) is 64.8 Å². The first-order chi connectivity index (χ1) is 20.1. The maximum absolute atomic E-state index is 12.5. The molecule has 0 unspecified atom stereocenters. The number of rotatable bonds is 13. The first-order valence-electron chi connectivity index (χ1n) is 14.6. The molecule has 9 heteroatoms. The monoisotopic (exact) mass is 577 g/mol. The molecule has 0 spiro atoms. The maximum atomic E-state index is 12.5. The second-order valence-corrected chi connectivity index (χ2v) is 11.3. The third-order valence-corrected chi connectivity index (χ3v) is 8.45. The Morgan fingerprint density at radius 3 is 2.59 bits per heavy atom. The number of aromatic nitrogens is 1. The average molecular weight is 578 g/mol. The lowest BCUT2D eigenvalue weighted by Crippen LogP contribution is -2.46. The lowest BCUT2D eigenvalue weighted by atomic mass is 10.2. The molecule has 218 valence electrons. The highest BCUT2D eigenvalue weighted by atomic mass is 32.1. The summed E-state index contributed by atoms with van der Waals surface area (Å²) >= 11 is 1.80. The van der Waals surface area contributed by atoms with Crippen LogP contribution in [0.3, 0.4) is 0 Å². The normalized spacial score (nSPS) is 14.0. The molecule has 2 aromatic carbocycles. The van der Waals surface area contributed by atoms with Gasteiger partial charge in [-0.25, -0.2) is 4.79 Å². The van der Waals surface area contributed by atoms with Gasteiger partial charge in [-0.15, -0.1) is 11.3 Å². The van der Waals surface area contributed by atoms with Crippen LogP contribution >= 0.6 is 11.3 Å². The molecule has 0 bridgehead atoms. The fourth-order valence-corrected chi connectivity index (χ4v) is 6.06. The Balaban J connectivity index is 1.06. The van der Waals surface area contributed by atoms with Gasteiger partial charge in [0.25, 0.3) is 5.56 Å². The van der Waals surface area contributed by atoms with E-state index in [1.54, 1.807) is 17.4 Å². The van der Waals surface area contributed by atoms with Crippen molar-refractivity contribution < 1.29 is 19.0 Å². The molecule has 0 N–H and O–H groups in total. The van der Waals surface area contributed by atoms with Crippen LogP contribution in [0.2, 0.25) is 0 Å². The number of fused-ring (bicyclic) bond motifs is 2. The fraction of sp³-hybridized carbons (Fsp3) is 0.438. The minimum atomic E-state index is -0.765. The number of anilines is 1. The number of hydrogen-bond acceptors (Lipinski definition) is 8. The number of nitrogens with zero attached hydrogens (tertiary/aromatic N) is 3. The number of thiophene rings is 1. The SMILES string of the molecule is CCCCCOC(=O)OCn1c(=O)ccc2ccc(OCCCCN3CCN(c4cccc5sccc45)CC3)cc21. The van der Waals surface area contributed by atoms with E-state index >= 15 is 0 Å². The molecule has 5 rings (SSSR count). The quantitative estimate of drug-likeness (QED) is 0.133. The third kappa shape index (κ3) is 7.59. The van der Waals surface area contributed by atoms with E-state index in [4.69, 9.17) is 14.2 Å². The Bertz CT molecular complexity index is 1490. The highest BCUT2D eigenvalue weighted by Gasteiger charge is 2.18. The maximum Gasteiger partial charge on any atom is 0.510 e. The van der Waals surface area contributed by atoms with Crippen molar-refractivity contribution in [3.05, 3.63) is 70.3 Å². The van der Waals surface area contributed by atoms with Crippen LogP contribution in [0, 0.1) is 0 Å². The molecule has 2 aromatic heterocycles. The molecule has 0 saturated carbocycles. The molecule has 4 aromatic rings. The molecule has 0 atom stereocenters. The Kier molecular flexibility index (Phi) is 10.1. The predicted octanol–water partition coefficient (Wildman–Crippen LogP) is 6.50. The van der Waals surface area contributed by atoms with Crippen molar-refractivity contribution in [2.45, 2.75) is 45.8 Å². The van der Waals surface area contributed by atoms with E-state index in [1.807, 2.05) is 18.2 Å². The molecule has 3 heterocycles. The first kappa shape index (κ1) is 29.0. The number of hydrogen-bond donors (Lipinski definition) is 0. The molecule has 1 saturated heterocycles. The van der Waals surface area contributed by atoms with Crippen LogP contribution < -0.4 is 15.2 Å². The summed E-state index contributed by atoms with van der Waals surface area (Å²) in [5.41, 5.74) is 1.76. The van der Waals surface area contributed by atoms with E-state index < -0.39 is 6.16 Å². The second kappa shape index (κ2) is 14.4. The number of unbranched alkanes of at least 4 members (excludes halogenated alkanes) is 3. The number of pyridine rings is 1. The average Bonchev–Trinajstić information content (AvgIpc) is 3.48. The van der Waals surface area contributed by atoms with Gasteiger partial charge in [-0.2, -0.15) is 0 Å². The van der Waals surface area contributed by atoms with Gasteiger partial charge in [0.05, 0.1) is 18.7 Å². The minimum Gasteiger partial charge on any atom is -0.494 e. The number of piperazine rings is 1. The van der Waals surface area contributed by atoms with Gasteiger partial charge in [-0.1, -0.05) is 25.8 Å². The van der Waals surface area contributed by atoms with E-state index in [1.165, 1.54) is 26.4 Å². The lowest BCUT2D eigenvalue weighted by Gasteiger charge is -2.36. The van der Waals surface area contributed by atoms with Gasteiger partial charge in [-0.05, 0) is 73.0 Å². The summed E-state index contributed by atoms with van der Waals surface area (Å²) in [5.74, 6) is 0.690. The van der Waals surface area contributed by atoms with E-state index in [0.29, 0.717) is 24.5 Å². The van der Waals surface area contributed by atoms with Crippen LogP contribution in [0.1, 0.15) is 39.0 Å². The topological polar surface area (TPSA) is 73.2 Å². The summed E-state index contributed by atoms with van der Waals surface area (Å²) in [6.07, 6.45) is 4.07. The lowest BCUT2D eigenvalue weighted by molar-refractivity contribution is 0.0332. The van der Waals surface area contributed by atoms with Crippen LogP contribution in [-0.2, 0) is 16.2 Å². The standard InChI is InChI=1S/C32H39N3O5S/c1-2-3-5-21-39-32(37)40-24-35-29-23-26(12-10-25(29)11-13-31(35)36)38-20-6-4-15-33-16-18-34(19-17-33)28-8-7-9-30-27(28)14-22-41-30/h7-14,22-23H,2-6,15-21,24H2,1H3. The number of ether oxygens (including phenoxy) is 3. The minimum absolute atomic E-state index is 0.206. The van der Waals surface area contributed by atoms with Gasteiger partial charge in [-0.3, -0.25) is 14.3 Å². The smallest absolute Gasteiger partial charge is 0.494 e. The summed E-state index contributed by atoms with van der Waals surface area (Å²) in [4.78, 5) is 29.5. The number of carbonyl (C=O) groups excluding carboxylic acids is 1. The van der Waals surface area contributed by atoms with Crippen molar-refractivity contribution in [2.75, 3.05) is 50.8 Å². The Hall–Kier alpha value is -3.56. The zero-order valence-corrected chi connectivity index (χ0v) is 24.6. The van der Waals surface area contributed by atoms with Crippen molar-refractivity contribution in [3.63, 3.8) is 0 Å². The summed E-state index contributed by atoms with van der Waals surface area (Å²) in [6, 6.07) is 17.7. The zero-order chi connectivity index (χ0) is 28.4. The zero-order valence-electron chi connectivity index (χ0n) is 23.8. The first-order valence-corrected chi connectivity index (χ1v) is 15.5. The largest absolute Gasteiger partial charge is 0.510 e. The van der Waals surface area contributed by atoms with Crippen molar-refractivity contribution >= 4 is 44.2 Å². The van der Waals surface area contributed by atoms with Crippen LogP contribution in [0.4, 0.5) is 10.5 Å². The summed E-state index contributed by atoms with van der Waals surface area (Å²) in [6.45, 7) is 8.08. The van der Waals surface area contributed by atoms with Crippen molar-refractivity contribution in [1.29, 1.82) is 0 Å². The van der Waals surface area contributed by atoms with Gasteiger partial charge in [0.1, 0.15) is 5.75 Å². The predicted molar refractivity (Wildman–Crippen MR) is 165 cm³/mol. The van der Waals surface area contributed by atoms with E-state index in [2.05, 4.69) is 46.4 Å². The third-order valence-electron chi connectivity index (χ3n) is 7.57. The van der Waals surface area contributed by atoms with Crippen LogP contribution in [0.25, 0.3) is 21.0 Å². The molecule has 8 nitrogen and oxygen atoms in total. The van der Waals surface area contributed by atoms with Gasteiger partial charge in [0.15, 0.2) is 6.73 Å². The number of benzene rings is 2. The molecular formula is C32H39N3O5S. The van der Waals surface area contributed by atoms with Crippen molar-refractivity contribution in [1.82, 2.24) is 9.47 Å². The van der Waals surface area contributed by atoms with Gasteiger partial charge in [0, 0.05) is 54.1 Å². The molecule has 1 aliphatic heterocycles. The molecule has 41 heavy (non-hydrogen) atoms. The Morgan fingerprint density at radius 2 is 1.73 bits per heavy atom. The fourth-order valence-electron chi connectivity index (χ4n) is 5.25. The Labute approximate surface area is 245 Å². The molecule has 0 radical (unpaired) electrons. The summed E-state index contributed by atoms with van der Waals surface area (Å²) in [5, 5.41) is 4.40. The molecule has 1 aliphatic rings. The Morgan fingerprint density at radius 1 is 0.902 bits per heavy atom. The van der Waals surface area contributed by atoms with Gasteiger partial charge >= 0.3 is 6.16 Å². The van der Waals surface area contributed by atoms with Gasteiger partial charge < -0.3 is 19.1 Å². The summed E-state index contributed by atoms with van der Waals surface area (Å²) in [7, 11) is 0. The summed E-state index contributed by atoms with van der Waals surface area (Å²) < 4.78 is 19.1. The highest BCUT2D eigenvalue weighted by molar-refractivity contribution is 7.17. The molecule has 0 amide bonds. The number of carbonyl (C=O) groups is 1. The van der Waals surface area contributed by atoms with Gasteiger partial charge in [0.2, 0.25) is 0 Å². The van der Waals surface area contributed by atoms with Crippen molar-refractivity contribution in [3.8, 4) is 5.75 Å².